The van der Waals surface area contributed by atoms with Crippen molar-refractivity contribution in [1.82, 2.24) is 4.90 Å². The molecule has 1 atom stereocenters. The average molecular weight is 428 g/mol. The Morgan fingerprint density at radius 2 is 1.91 bits per heavy atom. The number of aliphatic carboxylic acids is 1. The molecule has 0 bridgehead atoms. The Hall–Kier alpha value is -3.31. The number of carboxylic acid groups (broad SMARTS) is 1. The number of hydrogen-bond donors (Lipinski definition) is 1. The SMILES string of the molecule is O=C(O)C1CCCN(CCCC=Cc2cccc(N=Nc3cccc4ccccc34)c2)C1. The second-order valence-corrected chi connectivity index (χ2v) is 8.32. The molecule has 32 heavy (non-hydrogen) atoms. The Labute approximate surface area is 189 Å². The number of fused-ring (bicyclic) bond motifs is 1. The van der Waals surface area contributed by atoms with Crippen LogP contribution in [0.2, 0.25) is 0 Å². The van der Waals surface area contributed by atoms with E-state index in [-0.39, 0.29) is 5.92 Å². The number of hydrogen-bond acceptors (Lipinski definition) is 4. The minimum atomic E-state index is -0.660. The number of benzene rings is 3. The first-order chi connectivity index (χ1) is 15.7. The maximum atomic E-state index is 11.2. The van der Waals surface area contributed by atoms with Crippen LogP contribution in [-0.2, 0) is 4.79 Å². The number of carboxylic acids is 1. The molecule has 4 rings (SSSR count). The third-order valence-corrected chi connectivity index (χ3v) is 5.92. The number of rotatable bonds is 8. The van der Waals surface area contributed by atoms with Gasteiger partial charge in [0.15, 0.2) is 0 Å². The van der Waals surface area contributed by atoms with E-state index in [1.165, 1.54) is 0 Å². The van der Waals surface area contributed by atoms with Crippen LogP contribution < -0.4 is 0 Å². The highest BCUT2D eigenvalue weighted by Gasteiger charge is 2.24. The first kappa shape index (κ1) is 21.9. The van der Waals surface area contributed by atoms with Crippen LogP contribution in [0.25, 0.3) is 16.8 Å². The molecule has 0 radical (unpaired) electrons. The Morgan fingerprint density at radius 3 is 2.81 bits per heavy atom. The first-order valence-corrected chi connectivity index (χ1v) is 11.3. The predicted octanol–water partition coefficient (Wildman–Crippen LogP) is 6.85. The zero-order chi connectivity index (χ0) is 22.2. The molecule has 5 heteroatoms. The maximum Gasteiger partial charge on any atom is 0.307 e. The van der Waals surface area contributed by atoms with Crippen molar-refractivity contribution in [3.05, 3.63) is 78.4 Å². The number of allylic oxidation sites excluding steroid dienone is 1. The molecule has 164 valence electrons. The molecule has 1 heterocycles. The summed E-state index contributed by atoms with van der Waals surface area (Å²) in [5, 5.41) is 20.4. The molecular weight excluding hydrogens is 398 g/mol. The monoisotopic (exact) mass is 427 g/mol. The molecule has 0 aromatic heterocycles. The highest BCUT2D eigenvalue weighted by molar-refractivity contribution is 5.92. The second-order valence-electron chi connectivity index (χ2n) is 8.32. The lowest BCUT2D eigenvalue weighted by atomic mass is 9.98. The number of piperidine rings is 1. The molecule has 0 saturated carbocycles. The lowest BCUT2D eigenvalue weighted by molar-refractivity contribution is -0.143. The van der Waals surface area contributed by atoms with E-state index in [2.05, 4.69) is 51.5 Å². The molecule has 1 aliphatic rings. The summed E-state index contributed by atoms with van der Waals surface area (Å²) < 4.78 is 0. The van der Waals surface area contributed by atoms with E-state index in [0.29, 0.717) is 6.54 Å². The highest BCUT2D eigenvalue weighted by atomic mass is 16.4. The molecule has 0 aliphatic carbocycles. The van der Waals surface area contributed by atoms with E-state index < -0.39 is 5.97 Å². The van der Waals surface area contributed by atoms with Crippen molar-refractivity contribution < 1.29 is 9.90 Å². The van der Waals surface area contributed by atoms with E-state index in [1.54, 1.807) is 0 Å². The van der Waals surface area contributed by atoms with E-state index in [1.807, 2.05) is 42.5 Å². The number of azo groups is 1. The van der Waals surface area contributed by atoms with Gasteiger partial charge in [-0.15, -0.1) is 5.11 Å². The summed E-state index contributed by atoms with van der Waals surface area (Å²) in [6.07, 6.45) is 8.08. The Bertz CT molecular complexity index is 1120. The summed E-state index contributed by atoms with van der Waals surface area (Å²) in [6.45, 7) is 2.65. The van der Waals surface area contributed by atoms with Gasteiger partial charge in [-0.1, -0.05) is 60.7 Å². The van der Waals surface area contributed by atoms with Gasteiger partial charge >= 0.3 is 5.97 Å². The van der Waals surface area contributed by atoms with Gasteiger partial charge < -0.3 is 10.0 Å². The van der Waals surface area contributed by atoms with E-state index in [0.717, 1.165) is 66.5 Å². The quantitative estimate of drug-likeness (QED) is 0.316. The van der Waals surface area contributed by atoms with E-state index >= 15 is 0 Å². The summed E-state index contributed by atoms with van der Waals surface area (Å²) in [7, 11) is 0. The van der Waals surface area contributed by atoms with Crippen LogP contribution in [0.3, 0.4) is 0 Å². The van der Waals surface area contributed by atoms with Crippen LogP contribution in [0, 0.1) is 5.92 Å². The van der Waals surface area contributed by atoms with Crippen molar-refractivity contribution in [3.8, 4) is 0 Å². The van der Waals surface area contributed by atoms with Crippen molar-refractivity contribution in [1.29, 1.82) is 0 Å². The van der Waals surface area contributed by atoms with Gasteiger partial charge in [-0.3, -0.25) is 4.79 Å². The fourth-order valence-corrected chi connectivity index (χ4v) is 4.21. The summed E-state index contributed by atoms with van der Waals surface area (Å²) in [4.78, 5) is 13.5. The van der Waals surface area contributed by atoms with Crippen LogP contribution >= 0.6 is 0 Å². The van der Waals surface area contributed by atoms with Crippen LogP contribution in [0.5, 0.6) is 0 Å². The van der Waals surface area contributed by atoms with Crippen LogP contribution in [0.1, 0.15) is 31.2 Å². The van der Waals surface area contributed by atoms with Gasteiger partial charge in [0.25, 0.3) is 0 Å². The molecule has 1 N–H and O–H groups in total. The van der Waals surface area contributed by atoms with Gasteiger partial charge in [0.1, 0.15) is 0 Å². The molecule has 1 saturated heterocycles. The van der Waals surface area contributed by atoms with Crippen molar-refractivity contribution in [2.75, 3.05) is 19.6 Å². The molecular formula is C27H29N3O2. The third-order valence-electron chi connectivity index (χ3n) is 5.92. The van der Waals surface area contributed by atoms with Gasteiger partial charge in [-0.2, -0.15) is 5.11 Å². The fourth-order valence-electron chi connectivity index (χ4n) is 4.21. The van der Waals surface area contributed by atoms with Crippen LogP contribution in [0.4, 0.5) is 11.4 Å². The fraction of sp³-hybridized carbons (Fsp3) is 0.296. The molecule has 3 aromatic rings. The van der Waals surface area contributed by atoms with Crippen LogP contribution in [0.15, 0.2) is 83.0 Å². The third kappa shape index (κ3) is 5.89. The predicted molar refractivity (Wildman–Crippen MR) is 130 cm³/mol. The highest BCUT2D eigenvalue weighted by Crippen LogP contribution is 2.27. The summed E-state index contributed by atoms with van der Waals surface area (Å²) in [6, 6.07) is 22.3. The van der Waals surface area contributed by atoms with Gasteiger partial charge in [0, 0.05) is 11.9 Å². The van der Waals surface area contributed by atoms with E-state index in [9.17, 15) is 9.90 Å². The molecule has 0 amide bonds. The van der Waals surface area contributed by atoms with Crippen molar-refractivity contribution >= 4 is 34.2 Å². The Balaban J connectivity index is 1.30. The minimum absolute atomic E-state index is 0.204. The zero-order valence-corrected chi connectivity index (χ0v) is 18.2. The van der Waals surface area contributed by atoms with Gasteiger partial charge in [0.05, 0.1) is 17.3 Å². The molecule has 0 spiro atoms. The Kier molecular flexibility index (Phi) is 7.41. The van der Waals surface area contributed by atoms with Gasteiger partial charge in [0.2, 0.25) is 0 Å². The topological polar surface area (TPSA) is 65.3 Å². The minimum Gasteiger partial charge on any atom is -0.481 e. The van der Waals surface area contributed by atoms with Crippen molar-refractivity contribution in [3.63, 3.8) is 0 Å². The van der Waals surface area contributed by atoms with Gasteiger partial charge in [-0.25, -0.2) is 0 Å². The number of carbonyl (C=O) groups is 1. The number of unbranched alkanes of at least 4 members (excludes halogenated alkanes) is 1. The summed E-state index contributed by atoms with van der Waals surface area (Å²) in [5.74, 6) is -0.864. The molecule has 1 aliphatic heterocycles. The van der Waals surface area contributed by atoms with Crippen molar-refractivity contribution in [2.45, 2.75) is 25.7 Å². The van der Waals surface area contributed by atoms with Crippen molar-refractivity contribution in [2.24, 2.45) is 16.1 Å². The molecule has 3 aromatic carbocycles. The Morgan fingerprint density at radius 1 is 1.06 bits per heavy atom. The first-order valence-electron chi connectivity index (χ1n) is 11.3. The molecule has 5 nitrogen and oxygen atoms in total. The average Bonchev–Trinajstić information content (AvgIpc) is 2.83. The largest absolute Gasteiger partial charge is 0.481 e. The van der Waals surface area contributed by atoms with E-state index in [4.69, 9.17) is 0 Å². The lowest BCUT2D eigenvalue weighted by Crippen LogP contribution is -2.39. The van der Waals surface area contributed by atoms with Gasteiger partial charge in [-0.05, 0) is 67.9 Å². The summed E-state index contributed by atoms with van der Waals surface area (Å²) in [5.41, 5.74) is 2.79. The molecule has 1 fully saturated rings. The smallest absolute Gasteiger partial charge is 0.307 e. The lowest BCUT2D eigenvalue weighted by Gasteiger charge is -2.30. The second kappa shape index (κ2) is 10.8. The maximum absolute atomic E-state index is 11.2. The number of likely N-dealkylation sites (tertiary alicyclic amines) is 1. The zero-order valence-electron chi connectivity index (χ0n) is 18.2. The molecule has 1 unspecified atom stereocenters. The summed E-state index contributed by atoms with van der Waals surface area (Å²) >= 11 is 0. The standard InChI is InChI=1S/C27H29N3O2/c31-27(32)23-13-8-18-30(20-23)17-5-1-2-9-21-10-6-14-24(19-21)28-29-26-16-7-12-22-11-3-4-15-25(22)26/h2-4,6-7,9-12,14-16,19,23H,1,5,8,13,17-18,20H2,(H,31,32). The normalized spacial score (nSPS) is 17.4. The van der Waals surface area contributed by atoms with Crippen LogP contribution in [-0.4, -0.2) is 35.6 Å². The number of nitrogens with zero attached hydrogens (tertiary/aromatic N) is 3.